The van der Waals surface area contributed by atoms with E-state index in [0.717, 1.165) is 12.8 Å². The van der Waals surface area contributed by atoms with E-state index in [2.05, 4.69) is 6.58 Å². The van der Waals surface area contributed by atoms with Gasteiger partial charge in [-0.15, -0.1) is 6.58 Å². The van der Waals surface area contributed by atoms with Gasteiger partial charge in [-0.3, -0.25) is 14.4 Å². The van der Waals surface area contributed by atoms with Gasteiger partial charge in [0.1, 0.15) is 11.6 Å². The van der Waals surface area contributed by atoms with Crippen molar-refractivity contribution >= 4 is 17.8 Å². The van der Waals surface area contributed by atoms with E-state index >= 15 is 0 Å². The fourth-order valence-corrected chi connectivity index (χ4v) is 5.99. The summed E-state index contributed by atoms with van der Waals surface area (Å²) in [4.78, 5) is 42.9. The summed E-state index contributed by atoms with van der Waals surface area (Å²) in [6.45, 7) is 11.6. The number of nitrogens with zero attached hydrogens (tertiary/aromatic N) is 2. The van der Waals surface area contributed by atoms with Crippen molar-refractivity contribution in [2.75, 3.05) is 13.2 Å². The van der Waals surface area contributed by atoms with Crippen LogP contribution in [0.15, 0.2) is 12.7 Å². The van der Waals surface area contributed by atoms with Gasteiger partial charge in [0, 0.05) is 12.6 Å². The molecule has 0 aliphatic carbocycles. The van der Waals surface area contributed by atoms with Crippen molar-refractivity contribution in [2.45, 2.75) is 83.2 Å². The lowest BCUT2D eigenvalue weighted by Crippen LogP contribution is -2.60. The first-order valence-electron chi connectivity index (χ1n) is 11.4. The summed E-state index contributed by atoms with van der Waals surface area (Å²) in [5.41, 5.74) is -1.16. The molecule has 0 radical (unpaired) electrons. The van der Waals surface area contributed by atoms with Crippen LogP contribution in [0.25, 0.3) is 0 Å². The Bertz CT molecular complexity index is 740. The third-order valence-corrected chi connectivity index (χ3v) is 7.42. The second-order valence-electron chi connectivity index (χ2n) is 9.55. The summed E-state index contributed by atoms with van der Waals surface area (Å²) >= 11 is 0. The van der Waals surface area contributed by atoms with Crippen LogP contribution in [0, 0.1) is 17.8 Å². The Morgan fingerprint density at radius 1 is 1.39 bits per heavy atom. The summed E-state index contributed by atoms with van der Waals surface area (Å²) in [5.74, 6) is -3.68. The van der Waals surface area contributed by atoms with E-state index in [9.17, 15) is 24.6 Å². The molecule has 3 rings (SSSR count). The fraction of sp³-hybridized carbons (Fsp3) is 0.783. The van der Waals surface area contributed by atoms with Crippen LogP contribution >= 0.6 is 0 Å². The lowest BCUT2D eigenvalue weighted by Gasteiger charge is -2.41. The number of hydrogen-bond donors (Lipinski definition) is 2. The van der Waals surface area contributed by atoms with Crippen LogP contribution in [0.1, 0.15) is 53.4 Å². The molecule has 3 aliphatic heterocycles. The van der Waals surface area contributed by atoms with Crippen molar-refractivity contribution in [3.63, 3.8) is 0 Å². The minimum absolute atomic E-state index is 0.0663. The lowest BCUT2D eigenvalue weighted by atomic mass is 9.70. The average molecular weight is 437 g/mol. The van der Waals surface area contributed by atoms with Crippen LogP contribution in [0.4, 0.5) is 0 Å². The molecule has 3 fully saturated rings. The Balaban J connectivity index is 2.11. The number of carbonyl (C=O) groups excluding carboxylic acids is 2. The number of aliphatic hydroxyl groups is 1. The monoisotopic (exact) mass is 436 g/mol. The van der Waals surface area contributed by atoms with Gasteiger partial charge in [-0.05, 0) is 32.1 Å². The highest BCUT2D eigenvalue weighted by atomic mass is 16.5. The fourth-order valence-electron chi connectivity index (χ4n) is 5.99. The van der Waals surface area contributed by atoms with Crippen LogP contribution in [-0.4, -0.2) is 80.8 Å². The van der Waals surface area contributed by atoms with Crippen LogP contribution in [0.5, 0.6) is 0 Å². The van der Waals surface area contributed by atoms with Gasteiger partial charge in [-0.25, -0.2) is 0 Å². The second kappa shape index (κ2) is 8.90. The van der Waals surface area contributed by atoms with E-state index in [-0.39, 0.29) is 30.4 Å². The molecule has 3 saturated heterocycles. The molecule has 8 nitrogen and oxygen atoms in total. The molecular formula is C23H36N2O6. The Labute approximate surface area is 184 Å². The van der Waals surface area contributed by atoms with Crippen molar-refractivity contribution in [3.05, 3.63) is 12.7 Å². The standard InChI is InChI=1S/C23H36N2O6/c1-6-8-14(5)24(11-7-2)21(28)19-23-10-9-16(31-23)17(22(29)30)18(23)20(27)25(19)15(12-26)13(3)4/h7,13-19,26H,2,6,8-12H2,1,3-5H3,(H,29,30)/t14?,15-,16-,17+,18+,19-,23+/m0/s1. The van der Waals surface area contributed by atoms with Gasteiger partial charge >= 0.3 is 5.97 Å². The zero-order valence-corrected chi connectivity index (χ0v) is 19.0. The maximum atomic E-state index is 14.0. The van der Waals surface area contributed by atoms with Gasteiger partial charge in [-0.2, -0.15) is 0 Å². The molecule has 0 aromatic carbocycles. The molecule has 1 spiro atoms. The zero-order valence-electron chi connectivity index (χ0n) is 19.0. The van der Waals surface area contributed by atoms with Gasteiger partial charge in [0.2, 0.25) is 11.8 Å². The topological polar surface area (TPSA) is 107 Å². The van der Waals surface area contributed by atoms with Crippen molar-refractivity contribution in [3.8, 4) is 0 Å². The summed E-state index contributed by atoms with van der Waals surface area (Å²) in [5, 5.41) is 20.0. The van der Waals surface area contributed by atoms with Crippen LogP contribution < -0.4 is 0 Å². The van der Waals surface area contributed by atoms with Gasteiger partial charge in [0.15, 0.2) is 0 Å². The lowest BCUT2D eigenvalue weighted by molar-refractivity contribution is -0.155. The average Bonchev–Trinajstić information content (AvgIpc) is 3.34. The highest BCUT2D eigenvalue weighted by molar-refractivity contribution is 5.98. The highest BCUT2D eigenvalue weighted by Gasteiger charge is 2.75. The van der Waals surface area contributed by atoms with Crippen LogP contribution in [0.2, 0.25) is 0 Å². The highest BCUT2D eigenvalue weighted by Crippen LogP contribution is 2.59. The van der Waals surface area contributed by atoms with E-state index in [1.807, 2.05) is 27.7 Å². The first-order valence-corrected chi connectivity index (χ1v) is 11.4. The van der Waals surface area contributed by atoms with Gasteiger partial charge in [0.05, 0.1) is 30.6 Å². The molecule has 3 heterocycles. The van der Waals surface area contributed by atoms with E-state index in [1.54, 1.807) is 11.0 Å². The Hall–Kier alpha value is -1.93. The summed E-state index contributed by atoms with van der Waals surface area (Å²) in [7, 11) is 0. The molecule has 1 unspecified atom stereocenters. The number of hydrogen-bond acceptors (Lipinski definition) is 5. The molecule has 3 aliphatic rings. The molecule has 8 heteroatoms. The number of carbonyl (C=O) groups is 3. The number of fused-ring (bicyclic) bond motifs is 1. The number of carboxylic acid groups (broad SMARTS) is 1. The predicted molar refractivity (Wildman–Crippen MR) is 114 cm³/mol. The maximum Gasteiger partial charge on any atom is 0.310 e. The van der Waals surface area contributed by atoms with E-state index in [0.29, 0.717) is 19.4 Å². The molecule has 2 amide bonds. The van der Waals surface area contributed by atoms with Crippen LogP contribution in [-0.2, 0) is 19.1 Å². The number of aliphatic hydroxyl groups excluding tert-OH is 1. The largest absolute Gasteiger partial charge is 0.481 e. The molecule has 7 atom stereocenters. The minimum atomic E-state index is -1.16. The minimum Gasteiger partial charge on any atom is -0.481 e. The summed E-state index contributed by atoms with van der Waals surface area (Å²) < 4.78 is 6.24. The molecule has 0 saturated carbocycles. The summed E-state index contributed by atoms with van der Waals surface area (Å²) in [6.07, 6.45) is 3.77. The smallest absolute Gasteiger partial charge is 0.310 e. The molecular weight excluding hydrogens is 400 g/mol. The third-order valence-electron chi connectivity index (χ3n) is 7.42. The normalized spacial score (nSPS) is 33.5. The van der Waals surface area contributed by atoms with Crippen molar-refractivity contribution in [2.24, 2.45) is 17.8 Å². The first kappa shape index (κ1) is 23.7. The van der Waals surface area contributed by atoms with Gasteiger partial charge in [0.25, 0.3) is 0 Å². The van der Waals surface area contributed by atoms with E-state index < -0.39 is 41.6 Å². The maximum absolute atomic E-state index is 14.0. The summed E-state index contributed by atoms with van der Waals surface area (Å²) in [6, 6.07) is -1.60. The third kappa shape index (κ3) is 3.57. The Morgan fingerprint density at radius 2 is 2.06 bits per heavy atom. The molecule has 2 N–H and O–H groups in total. The Kier molecular flexibility index (Phi) is 6.81. The van der Waals surface area contributed by atoms with Gasteiger partial charge < -0.3 is 24.7 Å². The first-order chi connectivity index (χ1) is 14.7. The molecule has 31 heavy (non-hydrogen) atoms. The number of carboxylic acids is 1. The van der Waals surface area contributed by atoms with E-state index in [4.69, 9.17) is 4.74 Å². The zero-order chi connectivity index (χ0) is 23.1. The quantitative estimate of drug-likeness (QED) is 0.505. The van der Waals surface area contributed by atoms with Crippen LogP contribution in [0.3, 0.4) is 0 Å². The number of likely N-dealkylation sites (tertiary alicyclic amines) is 1. The number of ether oxygens (including phenoxy) is 1. The second-order valence-corrected chi connectivity index (χ2v) is 9.55. The molecule has 0 aromatic rings. The Morgan fingerprint density at radius 3 is 2.58 bits per heavy atom. The SMILES string of the molecule is C=CCN(C(=O)[C@@H]1N([C@@H](CO)C(C)C)C(=O)[C@H]2[C@H](C(=O)O)[C@@H]3CC[C@]12O3)C(C)CCC. The van der Waals surface area contributed by atoms with E-state index in [1.165, 1.54) is 4.90 Å². The number of amides is 2. The van der Waals surface area contributed by atoms with Crippen molar-refractivity contribution in [1.82, 2.24) is 9.80 Å². The number of aliphatic carboxylic acids is 1. The molecule has 0 aromatic heterocycles. The van der Waals surface area contributed by atoms with Crippen molar-refractivity contribution in [1.29, 1.82) is 0 Å². The van der Waals surface area contributed by atoms with Gasteiger partial charge in [-0.1, -0.05) is 33.3 Å². The molecule has 174 valence electrons. The number of rotatable bonds is 10. The molecule has 2 bridgehead atoms. The predicted octanol–water partition coefficient (Wildman–Crippen LogP) is 1.67. The van der Waals surface area contributed by atoms with Crippen molar-refractivity contribution < 1.29 is 29.3 Å².